The van der Waals surface area contributed by atoms with Crippen LogP contribution in [-0.4, -0.2) is 75.2 Å². The summed E-state index contributed by atoms with van der Waals surface area (Å²) in [7, 11) is 2.20. The number of hydrogen-bond donors (Lipinski definition) is 2. The van der Waals surface area contributed by atoms with Crippen molar-refractivity contribution in [1.82, 2.24) is 20.4 Å². The van der Waals surface area contributed by atoms with Crippen molar-refractivity contribution in [3.8, 4) is 0 Å². The molecule has 6 heteroatoms. The van der Waals surface area contributed by atoms with E-state index in [0.717, 1.165) is 32.1 Å². The molecule has 0 aromatic carbocycles. The summed E-state index contributed by atoms with van der Waals surface area (Å²) in [6.07, 6.45) is 0. The number of nitrogens with one attached hydrogen (secondary N) is 2. The topological polar surface area (TPSA) is 42.9 Å². The molecular formula is C14H32IN5. The van der Waals surface area contributed by atoms with E-state index in [1.807, 2.05) is 0 Å². The molecule has 0 amide bonds. The minimum Gasteiger partial charge on any atom is -0.357 e. The predicted octanol–water partition coefficient (Wildman–Crippen LogP) is 1.06. The third-order valence-electron chi connectivity index (χ3n) is 3.42. The maximum absolute atomic E-state index is 4.64. The molecule has 1 unspecified atom stereocenters. The second-order valence-corrected chi connectivity index (χ2v) is 5.46. The van der Waals surface area contributed by atoms with Crippen LogP contribution in [-0.2, 0) is 0 Å². The molecule has 1 fully saturated rings. The van der Waals surface area contributed by atoms with Gasteiger partial charge in [0.1, 0.15) is 0 Å². The summed E-state index contributed by atoms with van der Waals surface area (Å²) >= 11 is 0. The molecule has 0 spiro atoms. The second kappa shape index (κ2) is 11.6. The molecule has 0 aliphatic carbocycles. The van der Waals surface area contributed by atoms with Crippen LogP contribution in [0.15, 0.2) is 4.99 Å². The van der Waals surface area contributed by atoms with Gasteiger partial charge in [-0.2, -0.15) is 0 Å². The van der Waals surface area contributed by atoms with Crippen LogP contribution in [0.3, 0.4) is 0 Å². The number of rotatable bonds is 6. The van der Waals surface area contributed by atoms with Gasteiger partial charge in [0, 0.05) is 52.4 Å². The van der Waals surface area contributed by atoms with Crippen molar-refractivity contribution in [2.24, 2.45) is 10.9 Å². The largest absolute Gasteiger partial charge is 0.357 e. The van der Waals surface area contributed by atoms with E-state index in [1.165, 1.54) is 26.2 Å². The quantitative estimate of drug-likeness (QED) is 0.400. The van der Waals surface area contributed by atoms with Crippen molar-refractivity contribution in [2.45, 2.75) is 20.8 Å². The lowest BCUT2D eigenvalue weighted by molar-refractivity contribution is 0.140. The molecule has 2 N–H and O–H groups in total. The summed E-state index contributed by atoms with van der Waals surface area (Å²) in [6.45, 7) is 15.1. The summed E-state index contributed by atoms with van der Waals surface area (Å²) in [5, 5.41) is 6.53. The van der Waals surface area contributed by atoms with E-state index in [1.54, 1.807) is 0 Å². The Balaban J connectivity index is 0.00000361. The van der Waals surface area contributed by atoms with Crippen LogP contribution in [0.4, 0.5) is 0 Å². The van der Waals surface area contributed by atoms with E-state index in [2.05, 4.69) is 53.2 Å². The number of nitrogens with zero attached hydrogens (tertiary/aromatic N) is 3. The van der Waals surface area contributed by atoms with E-state index in [9.17, 15) is 0 Å². The fraction of sp³-hybridized carbons (Fsp3) is 0.929. The van der Waals surface area contributed by atoms with Gasteiger partial charge in [0.2, 0.25) is 0 Å². The van der Waals surface area contributed by atoms with E-state index >= 15 is 0 Å². The highest BCUT2D eigenvalue weighted by Crippen LogP contribution is 2.04. The summed E-state index contributed by atoms with van der Waals surface area (Å²) in [4.78, 5) is 9.59. The Bertz CT molecular complexity index is 256. The van der Waals surface area contributed by atoms with Crippen LogP contribution in [0.25, 0.3) is 0 Å². The number of guanidine groups is 1. The minimum atomic E-state index is 0. The number of halogens is 1. The van der Waals surface area contributed by atoms with Gasteiger partial charge >= 0.3 is 0 Å². The van der Waals surface area contributed by atoms with E-state index < -0.39 is 0 Å². The summed E-state index contributed by atoms with van der Waals surface area (Å²) in [5.41, 5.74) is 0. The normalized spacial score (nSPS) is 18.0. The molecule has 0 aromatic heterocycles. The highest BCUT2D eigenvalue weighted by molar-refractivity contribution is 14.0. The van der Waals surface area contributed by atoms with Gasteiger partial charge in [0.15, 0.2) is 5.96 Å². The van der Waals surface area contributed by atoms with Crippen molar-refractivity contribution in [1.29, 1.82) is 0 Å². The number of likely N-dealkylation sites (N-methyl/N-ethyl adjacent to an activating group) is 1. The Kier molecular flexibility index (Phi) is 11.5. The van der Waals surface area contributed by atoms with Crippen LogP contribution in [0.1, 0.15) is 20.8 Å². The predicted molar refractivity (Wildman–Crippen MR) is 98.2 cm³/mol. The fourth-order valence-corrected chi connectivity index (χ4v) is 2.29. The SMILES string of the molecule is CCNC(=NCC(C)CN1CCN(C)CC1)NCC.I. The lowest BCUT2D eigenvalue weighted by Crippen LogP contribution is -2.46. The Hall–Kier alpha value is -0.0800. The average molecular weight is 397 g/mol. The first kappa shape index (κ1) is 19.9. The van der Waals surface area contributed by atoms with E-state index in [4.69, 9.17) is 0 Å². The standard InChI is InChI=1S/C14H31N5.HI/c1-5-15-14(16-6-2)17-11-13(3)12-19-9-7-18(4)8-10-19;/h13H,5-12H2,1-4H3,(H2,15,16,17);1H. The first-order chi connectivity index (χ1) is 9.15. The number of aliphatic imine (C=N–C) groups is 1. The zero-order valence-corrected chi connectivity index (χ0v) is 15.8. The van der Waals surface area contributed by atoms with Gasteiger partial charge in [-0.15, -0.1) is 24.0 Å². The molecule has 1 atom stereocenters. The molecule has 0 bridgehead atoms. The van der Waals surface area contributed by atoms with Crippen LogP contribution in [0.5, 0.6) is 0 Å². The van der Waals surface area contributed by atoms with Crippen molar-refractivity contribution in [3.05, 3.63) is 0 Å². The van der Waals surface area contributed by atoms with Crippen molar-refractivity contribution in [2.75, 3.05) is 59.4 Å². The Morgan fingerprint density at radius 1 is 1.10 bits per heavy atom. The first-order valence-electron chi connectivity index (χ1n) is 7.58. The zero-order valence-electron chi connectivity index (χ0n) is 13.5. The van der Waals surface area contributed by atoms with Gasteiger partial charge in [-0.25, -0.2) is 0 Å². The lowest BCUT2D eigenvalue weighted by atomic mass is 10.1. The molecule has 1 rings (SSSR count). The van der Waals surface area contributed by atoms with Gasteiger partial charge < -0.3 is 20.4 Å². The van der Waals surface area contributed by atoms with Crippen LogP contribution in [0, 0.1) is 5.92 Å². The van der Waals surface area contributed by atoms with E-state index in [-0.39, 0.29) is 24.0 Å². The molecule has 1 aliphatic rings. The molecule has 0 radical (unpaired) electrons. The summed E-state index contributed by atoms with van der Waals surface area (Å²) in [6, 6.07) is 0. The molecule has 120 valence electrons. The van der Waals surface area contributed by atoms with Gasteiger partial charge in [-0.3, -0.25) is 4.99 Å². The second-order valence-electron chi connectivity index (χ2n) is 5.46. The monoisotopic (exact) mass is 397 g/mol. The molecule has 1 aliphatic heterocycles. The van der Waals surface area contributed by atoms with Crippen molar-refractivity contribution in [3.63, 3.8) is 0 Å². The number of hydrogen-bond acceptors (Lipinski definition) is 3. The van der Waals surface area contributed by atoms with Crippen molar-refractivity contribution >= 4 is 29.9 Å². The molecule has 5 nitrogen and oxygen atoms in total. The van der Waals surface area contributed by atoms with Gasteiger partial charge in [0.05, 0.1) is 0 Å². The van der Waals surface area contributed by atoms with Gasteiger partial charge in [-0.05, 0) is 26.8 Å². The first-order valence-corrected chi connectivity index (χ1v) is 7.58. The van der Waals surface area contributed by atoms with Crippen LogP contribution in [0.2, 0.25) is 0 Å². The molecule has 20 heavy (non-hydrogen) atoms. The van der Waals surface area contributed by atoms with E-state index in [0.29, 0.717) is 5.92 Å². The Morgan fingerprint density at radius 3 is 2.15 bits per heavy atom. The Labute approximate surface area is 141 Å². The fourth-order valence-electron chi connectivity index (χ4n) is 2.29. The highest BCUT2D eigenvalue weighted by atomic mass is 127. The summed E-state index contributed by atoms with van der Waals surface area (Å²) in [5.74, 6) is 1.55. The lowest BCUT2D eigenvalue weighted by Gasteiger charge is -2.33. The zero-order chi connectivity index (χ0) is 14.1. The highest BCUT2D eigenvalue weighted by Gasteiger charge is 2.15. The van der Waals surface area contributed by atoms with Crippen molar-refractivity contribution < 1.29 is 0 Å². The molecule has 1 heterocycles. The van der Waals surface area contributed by atoms with Gasteiger partial charge in [-0.1, -0.05) is 6.92 Å². The third kappa shape index (κ3) is 8.26. The molecule has 0 aromatic rings. The Morgan fingerprint density at radius 2 is 1.65 bits per heavy atom. The van der Waals surface area contributed by atoms with Crippen LogP contribution >= 0.6 is 24.0 Å². The summed E-state index contributed by atoms with van der Waals surface area (Å²) < 4.78 is 0. The van der Waals surface area contributed by atoms with Crippen LogP contribution < -0.4 is 10.6 Å². The number of piperazine rings is 1. The maximum atomic E-state index is 4.64. The average Bonchev–Trinajstić information content (AvgIpc) is 2.39. The minimum absolute atomic E-state index is 0. The third-order valence-corrected chi connectivity index (χ3v) is 3.42. The maximum Gasteiger partial charge on any atom is 0.191 e. The molecule has 1 saturated heterocycles. The molecule has 0 saturated carbocycles. The van der Waals surface area contributed by atoms with Gasteiger partial charge in [0.25, 0.3) is 0 Å². The smallest absolute Gasteiger partial charge is 0.191 e. The molecular weight excluding hydrogens is 365 g/mol.